The van der Waals surface area contributed by atoms with Crippen molar-refractivity contribution >= 4 is 44.6 Å². The number of alkyl halides is 3. The number of benzene rings is 1. The predicted octanol–water partition coefficient (Wildman–Crippen LogP) is 4.12. The van der Waals surface area contributed by atoms with E-state index >= 15 is 0 Å². The van der Waals surface area contributed by atoms with Crippen molar-refractivity contribution in [2.24, 2.45) is 0 Å². The van der Waals surface area contributed by atoms with Crippen LogP contribution in [0.15, 0.2) is 21.6 Å². The Hall–Kier alpha value is -1.81. The zero-order valence-electron chi connectivity index (χ0n) is 17.6. The summed E-state index contributed by atoms with van der Waals surface area (Å²) >= 11 is 13.4. The molecule has 1 aromatic carbocycles. The second kappa shape index (κ2) is 9.33. The monoisotopic (exact) mass is 560 g/mol. The van der Waals surface area contributed by atoms with Crippen molar-refractivity contribution in [2.75, 3.05) is 0 Å². The van der Waals surface area contributed by atoms with Gasteiger partial charge in [0.25, 0.3) is 5.89 Å². The first-order valence-electron chi connectivity index (χ1n) is 9.31. The van der Waals surface area contributed by atoms with E-state index in [0.717, 1.165) is 17.4 Å². The molecule has 0 aliphatic heterocycles. The van der Waals surface area contributed by atoms with Crippen LogP contribution in [-0.4, -0.2) is 46.0 Å². The van der Waals surface area contributed by atoms with Crippen molar-refractivity contribution in [2.45, 2.75) is 50.1 Å². The molecule has 0 radical (unpaired) electrons. The number of nitrogens with one attached hydrogen (secondary N) is 1. The number of sulfonamides is 1. The average Bonchev–Trinajstić information content (AvgIpc) is 3.35. The molecule has 3 rings (SSSR count). The summed E-state index contributed by atoms with van der Waals surface area (Å²) in [5, 5.41) is 22.9. The van der Waals surface area contributed by atoms with Crippen LogP contribution in [0.5, 0.6) is 0 Å². The summed E-state index contributed by atoms with van der Waals surface area (Å²) < 4.78 is 69.9. The minimum absolute atomic E-state index is 0.0230. The quantitative estimate of drug-likeness (QED) is 0.392. The van der Waals surface area contributed by atoms with Gasteiger partial charge in [0, 0.05) is 5.56 Å². The van der Waals surface area contributed by atoms with Crippen LogP contribution in [0.3, 0.4) is 0 Å². The van der Waals surface area contributed by atoms with Gasteiger partial charge in [0.15, 0.2) is 5.01 Å². The molecule has 0 aliphatic carbocycles. The van der Waals surface area contributed by atoms with Gasteiger partial charge in [-0.15, -0.1) is 11.3 Å². The molecular formula is C18H17Cl2F3N4O5S2. The SMILES string of the molecule is CC(NS(=O)(=O)c1ccc(-c2sc(-c3noc(C(C)(C)O)n3)nc2CO)c(Cl)c1Cl)C(F)(F)F. The lowest BCUT2D eigenvalue weighted by molar-refractivity contribution is -0.147. The third kappa shape index (κ3) is 5.37. The number of halogens is 5. The number of hydrogen-bond acceptors (Lipinski definition) is 9. The molecule has 16 heteroatoms. The smallest absolute Gasteiger partial charge is 0.390 e. The summed E-state index contributed by atoms with van der Waals surface area (Å²) in [7, 11) is -4.66. The first-order chi connectivity index (χ1) is 15.6. The Morgan fingerprint density at radius 3 is 2.38 bits per heavy atom. The van der Waals surface area contributed by atoms with Crippen molar-refractivity contribution in [3.8, 4) is 21.3 Å². The highest BCUT2D eigenvalue weighted by Gasteiger charge is 2.39. The molecule has 0 fully saturated rings. The summed E-state index contributed by atoms with van der Waals surface area (Å²) in [5.41, 5.74) is -1.10. The van der Waals surface area contributed by atoms with E-state index in [4.69, 9.17) is 27.7 Å². The summed E-state index contributed by atoms with van der Waals surface area (Å²) in [5.74, 6) is -0.0455. The van der Waals surface area contributed by atoms with Crippen LogP contribution in [0.25, 0.3) is 21.3 Å². The van der Waals surface area contributed by atoms with Gasteiger partial charge in [-0.05, 0) is 26.8 Å². The van der Waals surface area contributed by atoms with Gasteiger partial charge >= 0.3 is 6.18 Å². The van der Waals surface area contributed by atoms with Crippen LogP contribution in [-0.2, 0) is 22.2 Å². The number of nitrogens with zero attached hydrogens (tertiary/aromatic N) is 3. The van der Waals surface area contributed by atoms with E-state index in [0.29, 0.717) is 11.8 Å². The molecule has 1 unspecified atom stereocenters. The van der Waals surface area contributed by atoms with Crippen molar-refractivity contribution in [3.63, 3.8) is 0 Å². The lowest BCUT2D eigenvalue weighted by Gasteiger charge is -2.18. The standard InChI is InChI=1S/C18H17Cl2F3N4O5S2/c1-7(18(21,22)23)27-34(30,31)10-5-4-8(11(19)12(10)20)13-9(6-28)24-15(33-13)14-25-16(32-26-14)17(2,3)29/h4-5,7,27-29H,6H2,1-3H3. The molecule has 0 saturated carbocycles. The molecule has 3 N–H and O–H groups in total. The minimum atomic E-state index is -4.81. The van der Waals surface area contributed by atoms with Crippen LogP contribution < -0.4 is 4.72 Å². The molecule has 1 atom stereocenters. The fourth-order valence-corrected chi connectivity index (χ4v) is 5.79. The molecule has 9 nitrogen and oxygen atoms in total. The second-order valence-electron chi connectivity index (χ2n) is 7.56. The second-order valence-corrected chi connectivity index (χ2v) is 11.0. The Bertz CT molecular complexity index is 1320. The lowest BCUT2D eigenvalue weighted by Crippen LogP contribution is -2.43. The maximum absolute atomic E-state index is 12.8. The molecule has 2 aromatic heterocycles. The minimum Gasteiger partial charge on any atom is -0.390 e. The Balaban J connectivity index is 2.03. The Morgan fingerprint density at radius 1 is 1.21 bits per heavy atom. The molecule has 34 heavy (non-hydrogen) atoms. The maximum atomic E-state index is 12.8. The summed E-state index contributed by atoms with van der Waals surface area (Å²) in [6.07, 6.45) is -4.81. The zero-order chi connectivity index (χ0) is 25.6. The van der Waals surface area contributed by atoms with E-state index in [2.05, 4.69) is 15.1 Å². The highest BCUT2D eigenvalue weighted by atomic mass is 35.5. The number of hydrogen-bond donors (Lipinski definition) is 3. The molecule has 0 amide bonds. The maximum Gasteiger partial charge on any atom is 0.404 e. The fourth-order valence-electron chi connectivity index (χ4n) is 2.60. The van der Waals surface area contributed by atoms with Gasteiger partial charge < -0.3 is 14.7 Å². The number of aliphatic hydroxyl groups is 2. The van der Waals surface area contributed by atoms with Gasteiger partial charge in [-0.3, -0.25) is 0 Å². The number of thiazole rings is 1. The largest absolute Gasteiger partial charge is 0.404 e. The van der Waals surface area contributed by atoms with E-state index in [1.165, 1.54) is 24.6 Å². The van der Waals surface area contributed by atoms with Crippen LogP contribution in [0.1, 0.15) is 32.4 Å². The first kappa shape index (κ1) is 26.8. The zero-order valence-corrected chi connectivity index (χ0v) is 20.8. The van der Waals surface area contributed by atoms with Crippen LogP contribution in [0.2, 0.25) is 10.0 Å². The van der Waals surface area contributed by atoms with Crippen molar-refractivity contribution in [1.29, 1.82) is 0 Å². The Kier molecular flexibility index (Phi) is 7.35. The molecule has 0 bridgehead atoms. The van der Waals surface area contributed by atoms with Gasteiger partial charge in [-0.2, -0.15) is 22.9 Å². The molecule has 0 aliphatic rings. The molecule has 2 heterocycles. The Morgan fingerprint density at radius 2 is 1.85 bits per heavy atom. The highest BCUT2D eigenvalue weighted by molar-refractivity contribution is 7.89. The molecule has 3 aromatic rings. The normalized spacial score (nSPS) is 13.9. The van der Waals surface area contributed by atoms with E-state index in [1.54, 1.807) is 0 Å². The Labute approximate surface area is 205 Å². The van der Waals surface area contributed by atoms with Crippen LogP contribution in [0.4, 0.5) is 13.2 Å². The summed E-state index contributed by atoms with van der Waals surface area (Å²) in [4.78, 5) is 7.93. The number of aromatic nitrogens is 3. The van der Waals surface area contributed by atoms with Crippen molar-refractivity contribution < 1.29 is 36.3 Å². The molecular weight excluding hydrogens is 544 g/mol. The van der Waals surface area contributed by atoms with Gasteiger partial charge in [0.1, 0.15) is 16.5 Å². The van der Waals surface area contributed by atoms with E-state index in [-0.39, 0.29) is 33.0 Å². The van der Waals surface area contributed by atoms with Crippen molar-refractivity contribution in [1.82, 2.24) is 19.8 Å². The van der Waals surface area contributed by atoms with E-state index in [1.807, 2.05) is 0 Å². The fraction of sp³-hybridized carbons (Fsp3) is 0.389. The number of aliphatic hydroxyl groups excluding tert-OH is 1. The summed E-state index contributed by atoms with van der Waals surface area (Å²) in [6, 6.07) is -0.132. The van der Waals surface area contributed by atoms with Gasteiger partial charge in [-0.1, -0.05) is 34.4 Å². The van der Waals surface area contributed by atoms with Crippen LogP contribution >= 0.6 is 34.5 Å². The van der Waals surface area contributed by atoms with Crippen LogP contribution in [0, 0.1) is 0 Å². The molecule has 0 saturated heterocycles. The third-order valence-corrected chi connectivity index (χ3v) is 8.10. The third-order valence-electron chi connectivity index (χ3n) is 4.39. The van der Waals surface area contributed by atoms with Gasteiger partial charge in [0.05, 0.1) is 27.2 Å². The topological polar surface area (TPSA) is 138 Å². The van der Waals surface area contributed by atoms with E-state index in [9.17, 15) is 31.8 Å². The summed E-state index contributed by atoms with van der Waals surface area (Å²) in [6.45, 7) is 2.99. The van der Waals surface area contributed by atoms with E-state index < -0.39 is 44.4 Å². The van der Waals surface area contributed by atoms with Gasteiger partial charge in [0.2, 0.25) is 15.8 Å². The molecule has 186 valence electrons. The highest BCUT2D eigenvalue weighted by Crippen LogP contribution is 2.43. The average molecular weight is 561 g/mol. The number of rotatable bonds is 7. The molecule has 0 spiro atoms. The first-order valence-corrected chi connectivity index (χ1v) is 12.4. The van der Waals surface area contributed by atoms with Crippen molar-refractivity contribution in [3.05, 3.63) is 33.8 Å². The lowest BCUT2D eigenvalue weighted by atomic mass is 10.1. The van der Waals surface area contributed by atoms with Gasteiger partial charge in [-0.25, -0.2) is 13.4 Å². The predicted molar refractivity (Wildman–Crippen MR) is 118 cm³/mol.